The lowest BCUT2D eigenvalue weighted by Crippen LogP contribution is -2.43. The number of rotatable bonds is 3. The highest BCUT2D eigenvalue weighted by molar-refractivity contribution is 4.69. The van der Waals surface area contributed by atoms with Crippen LogP contribution in [0.25, 0.3) is 0 Å². The van der Waals surface area contributed by atoms with Crippen LogP contribution in [0, 0.1) is 0 Å². The molecular weight excluding hydrogens is 124 g/mol. The number of hydrogen-bond acceptors (Lipinski definition) is 4. The molecule has 0 radical (unpaired) electrons. The van der Waals surface area contributed by atoms with E-state index in [1.165, 1.54) is 14.0 Å². The molecule has 4 heteroatoms. The van der Waals surface area contributed by atoms with E-state index in [9.17, 15) is 0 Å². The molecule has 0 amide bonds. The van der Waals surface area contributed by atoms with Crippen molar-refractivity contribution in [2.24, 2.45) is 0 Å². The van der Waals surface area contributed by atoms with E-state index in [2.05, 4.69) is 4.74 Å². The quantitative estimate of drug-likeness (QED) is 0.421. The third-order valence-corrected chi connectivity index (χ3v) is 1.20. The molecule has 3 N–H and O–H groups in total. The van der Waals surface area contributed by atoms with Gasteiger partial charge in [0.2, 0.25) is 0 Å². The molecule has 0 aromatic rings. The summed E-state index contributed by atoms with van der Waals surface area (Å²) < 4.78 is 4.44. The molecule has 0 fully saturated rings. The van der Waals surface area contributed by atoms with Crippen LogP contribution in [0.4, 0.5) is 0 Å². The third-order valence-electron chi connectivity index (χ3n) is 1.20. The summed E-state index contributed by atoms with van der Waals surface area (Å²) in [5.41, 5.74) is 0. The Hall–Kier alpha value is -0.160. The van der Waals surface area contributed by atoms with Crippen molar-refractivity contribution < 1.29 is 20.1 Å². The van der Waals surface area contributed by atoms with Gasteiger partial charge in [0.15, 0.2) is 5.79 Å². The van der Waals surface area contributed by atoms with E-state index >= 15 is 0 Å². The van der Waals surface area contributed by atoms with E-state index < -0.39 is 18.5 Å². The van der Waals surface area contributed by atoms with Gasteiger partial charge in [-0.15, -0.1) is 0 Å². The summed E-state index contributed by atoms with van der Waals surface area (Å²) >= 11 is 0. The molecule has 2 unspecified atom stereocenters. The van der Waals surface area contributed by atoms with E-state index in [0.717, 1.165) is 0 Å². The van der Waals surface area contributed by atoms with Crippen molar-refractivity contribution in [3.8, 4) is 0 Å². The highest BCUT2D eigenvalue weighted by Gasteiger charge is 2.28. The predicted octanol–water partition coefficient (Wildman–Crippen LogP) is -1.31. The molecule has 0 aromatic heterocycles. The monoisotopic (exact) mass is 136 g/mol. The number of aliphatic hydroxyl groups excluding tert-OH is 2. The summed E-state index contributed by atoms with van der Waals surface area (Å²) in [5, 5.41) is 26.0. The molecule has 0 saturated carbocycles. The lowest BCUT2D eigenvalue weighted by Gasteiger charge is -2.25. The van der Waals surface area contributed by atoms with Crippen molar-refractivity contribution in [2.75, 3.05) is 13.7 Å². The molecule has 56 valence electrons. The Kier molecular flexibility index (Phi) is 3.07. The van der Waals surface area contributed by atoms with Gasteiger partial charge in [-0.2, -0.15) is 0 Å². The van der Waals surface area contributed by atoms with Crippen LogP contribution in [0.5, 0.6) is 0 Å². The van der Waals surface area contributed by atoms with Gasteiger partial charge in [-0.05, 0) is 6.92 Å². The van der Waals surface area contributed by atoms with Crippen molar-refractivity contribution in [3.05, 3.63) is 0 Å². The molecule has 0 aromatic carbocycles. The van der Waals surface area contributed by atoms with E-state index in [1.54, 1.807) is 0 Å². The standard InChI is InChI=1S/C5H12O4/c1-5(8,9-2)4(7)3-6/h4,6-8H,3H2,1-2H3. The van der Waals surface area contributed by atoms with Crippen molar-refractivity contribution in [1.82, 2.24) is 0 Å². The maximum atomic E-state index is 8.96. The van der Waals surface area contributed by atoms with Gasteiger partial charge in [-0.1, -0.05) is 0 Å². The summed E-state index contributed by atoms with van der Waals surface area (Å²) in [6.07, 6.45) is -1.25. The Morgan fingerprint density at radius 2 is 2.11 bits per heavy atom. The van der Waals surface area contributed by atoms with E-state index in [1.807, 2.05) is 0 Å². The molecule has 0 heterocycles. The van der Waals surface area contributed by atoms with Crippen molar-refractivity contribution >= 4 is 0 Å². The zero-order valence-corrected chi connectivity index (χ0v) is 5.53. The Morgan fingerprint density at radius 3 is 2.22 bits per heavy atom. The Labute approximate surface area is 53.7 Å². The van der Waals surface area contributed by atoms with Gasteiger partial charge in [0, 0.05) is 7.11 Å². The molecule has 0 rings (SSSR count). The van der Waals surface area contributed by atoms with Crippen LogP contribution in [0.1, 0.15) is 6.92 Å². The molecule has 0 bridgehead atoms. The maximum absolute atomic E-state index is 8.96. The predicted molar refractivity (Wildman–Crippen MR) is 30.7 cm³/mol. The average molecular weight is 136 g/mol. The van der Waals surface area contributed by atoms with Crippen LogP contribution >= 0.6 is 0 Å². The lowest BCUT2D eigenvalue weighted by atomic mass is 10.2. The minimum absolute atomic E-state index is 0.513. The topological polar surface area (TPSA) is 69.9 Å². The molecule has 0 saturated heterocycles. The minimum Gasteiger partial charge on any atom is -0.393 e. The van der Waals surface area contributed by atoms with E-state index in [-0.39, 0.29) is 0 Å². The fourth-order valence-corrected chi connectivity index (χ4v) is 0.305. The highest BCUT2D eigenvalue weighted by atomic mass is 16.6. The molecule has 4 nitrogen and oxygen atoms in total. The van der Waals surface area contributed by atoms with Gasteiger partial charge in [0.25, 0.3) is 0 Å². The molecule has 0 aliphatic heterocycles. The number of ether oxygens (including phenoxy) is 1. The molecule has 0 aliphatic carbocycles. The zero-order valence-electron chi connectivity index (χ0n) is 5.53. The smallest absolute Gasteiger partial charge is 0.190 e. The first-order valence-corrected chi connectivity index (χ1v) is 2.61. The zero-order chi connectivity index (χ0) is 7.49. The van der Waals surface area contributed by atoms with E-state index in [4.69, 9.17) is 15.3 Å². The fourth-order valence-electron chi connectivity index (χ4n) is 0.305. The average Bonchev–Trinajstić information content (AvgIpc) is 1.86. The second kappa shape index (κ2) is 3.12. The van der Waals surface area contributed by atoms with Crippen molar-refractivity contribution in [2.45, 2.75) is 18.8 Å². The van der Waals surface area contributed by atoms with Crippen molar-refractivity contribution in [3.63, 3.8) is 0 Å². The van der Waals surface area contributed by atoms with Gasteiger partial charge >= 0.3 is 0 Å². The maximum Gasteiger partial charge on any atom is 0.190 e. The molecule has 0 aliphatic rings. The van der Waals surface area contributed by atoms with Crippen LogP contribution in [0.15, 0.2) is 0 Å². The van der Waals surface area contributed by atoms with Gasteiger partial charge in [-0.25, -0.2) is 0 Å². The van der Waals surface area contributed by atoms with Gasteiger partial charge in [0.05, 0.1) is 6.61 Å². The number of methoxy groups -OCH3 is 1. The number of hydrogen-bond donors (Lipinski definition) is 3. The summed E-state index contributed by atoms with van der Waals surface area (Å²) in [7, 11) is 1.25. The Balaban J connectivity index is 3.80. The Bertz CT molecular complexity index is 81.0. The largest absolute Gasteiger partial charge is 0.393 e. The fraction of sp³-hybridized carbons (Fsp3) is 1.00. The SMILES string of the molecule is COC(C)(O)C(O)CO. The van der Waals surface area contributed by atoms with Crippen molar-refractivity contribution in [1.29, 1.82) is 0 Å². The third kappa shape index (κ3) is 2.28. The first-order chi connectivity index (χ1) is 4.04. The summed E-state index contributed by atoms with van der Waals surface area (Å²) in [4.78, 5) is 0. The molecule has 9 heavy (non-hydrogen) atoms. The van der Waals surface area contributed by atoms with Gasteiger partial charge < -0.3 is 20.1 Å². The molecular formula is C5H12O4. The van der Waals surface area contributed by atoms with Crippen LogP contribution in [0.3, 0.4) is 0 Å². The van der Waals surface area contributed by atoms with Crippen LogP contribution in [-0.4, -0.2) is 40.9 Å². The Morgan fingerprint density at radius 1 is 1.67 bits per heavy atom. The highest BCUT2D eigenvalue weighted by Crippen LogP contribution is 2.08. The van der Waals surface area contributed by atoms with Crippen LogP contribution in [-0.2, 0) is 4.74 Å². The second-order valence-electron chi connectivity index (χ2n) is 1.96. The summed E-state index contributed by atoms with van der Waals surface area (Å²) in [6.45, 7) is 0.759. The summed E-state index contributed by atoms with van der Waals surface area (Å²) in [5.74, 6) is -1.64. The normalized spacial score (nSPS) is 21.0. The second-order valence-corrected chi connectivity index (χ2v) is 1.96. The van der Waals surface area contributed by atoms with Crippen LogP contribution < -0.4 is 0 Å². The minimum atomic E-state index is -1.64. The molecule has 0 spiro atoms. The van der Waals surface area contributed by atoms with Gasteiger partial charge in [0.1, 0.15) is 6.10 Å². The first-order valence-electron chi connectivity index (χ1n) is 2.61. The van der Waals surface area contributed by atoms with E-state index in [0.29, 0.717) is 0 Å². The van der Waals surface area contributed by atoms with Gasteiger partial charge in [-0.3, -0.25) is 0 Å². The van der Waals surface area contributed by atoms with Crippen LogP contribution in [0.2, 0.25) is 0 Å². The lowest BCUT2D eigenvalue weighted by molar-refractivity contribution is -0.237. The summed E-state index contributed by atoms with van der Waals surface area (Å²) in [6, 6.07) is 0. The molecule has 2 atom stereocenters. The number of aliphatic hydroxyl groups is 3. The first kappa shape index (κ1) is 8.84.